The van der Waals surface area contributed by atoms with E-state index in [-0.39, 0.29) is 17.7 Å². The molecule has 0 aliphatic rings. The minimum absolute atomic E-state index is 0.00626. The van der Waals surface area contributed by atoms with Crippen molar-refractivity contribution in [2.75, 3.05) is 0 Å². The van der Waals surface area contributed by atoms with Crippen molar-refractivity contribution in [3.05, 3.63) is 88.4 Å². The number of rotatable bonds is 4. The van der Waals surface area contributed by atoms with Gasteiger partial charge in [0.15, 0.2) is 5.65 Å². The lowest BCUT2D eigenvalue weighted by atomic mass is 10.2. The van der Waals surface area contributed by atoms with E-state index >= 15 is 0 Å². The second-order valence-corrected chi connectivity index (χ2v) is 5.85. The number of amides is 1. The molecule has 4 aromatic rings. The molecule has 7 nitrogen and oxygen atoms in total. The minimum atomic E-state index is -0.606. The van der Waals surface area contributed by atoms with Crippen LogP contribution in [0.4, 0.5) is 4.39 Å². The quantitative estimate of drug-likeness (QED) is 0.581. The molecule has 0 bridgehead atoms. The molecule has 3 aromatic heterocycles. The van der Waals surface area contributed by atoms with Crippen molar-refractivity contribution in [3.63, 3.8) is 0 Å². The zero-order valence-electron chi connectivity index (χ0n) is 14.0. The molecule has 134 valence electrons. The van der Waals surface area contributed by atoms with Crippen LogP contribution in [0.3, 0.4) is 0 Å². The van der Waals surface area contributed by atoms with E-state index in [2.05, 4.69) is 20.4 Å². The van der Waals surface area contributed by atoms with E-state index in [1.54, 1.807) is 30.6 Å². The number of carbonyl (C=O) groups is 1. The van der Waals surface area contributed by atoms with Crippen LogP contribution in [0.1, 0.15) is 16.1 Å². The van der Waals surface area contributed by atoms with Crippen LogP contribution in [0.2, 0.25) is 0 Å². The summed E-state index contributed by atoms with van der Waals surface area (Å²) in [5.41, 5.74) is 1.93. The number of hydrogen-bond donors (Lipinski definition) is 2. The molecule has 2 N–H and O–H groups in total. The summed E-state index contributed by atoms with van der Waals surface area (Å²) < 4.78 is 15.0. The van der Waals surface area contributed by atoms with Crippen molar-refractivity contribution in [1.82, 2.24) is 24.9 Å². The summed E-state index contributed by atoms with van der Waals surface area (Å²) in [5.74, 6) is -1.18. The maximum Gasteiger partial charge on any atom is 0.272 e. The highest BCUT2D eigenvalue weighted by atomic mass is 19.1. The molecule has 0 saturated carbocycles. The van der Waals surface area contributed by atoms with Crippen LogP contribution in [0.5, 0.6) is 0 Å². The third-order valence-corrected chi connectivity index (χ3v) is 4.02. The van der Waals surface area contributed by atoms with Crippen molar-refractivity contribution in [2.45, 2.75) is 6.54 Å². The first kappa shape index (κ1) is 16.6. The Balaban J connectivity index is 1.59. The first-order valence-electron chi connectivity index (χ1n) is 8.16. The highest BCUT2D eigenvalue weighted by Crippen LogP contribution is 2.16. The van der Waals surface area contributed by atoms with Crippen LogP contribution in [-0.2, 0) is 6.54 Å². The average molecular weight is 363 g/mol. The SMILES string of the molecule is O=C(NCc1cc(=O)n2[nH]c(-c3cccnc3)cc2n1)c1ccccc1F. The number of carbonyl (C=O) groups excluding carboxylic acids is 1. The van der Waals surface area contributed by atoms with Crippen LogP contribution < -0.4 is 10.9 Å². The Bertz CT molecular complexity index is 1180. The van der Waals surface area contributed by atoms with Crippen molar-refractivity contribution < 1.29 is 9.18 Å². The summed E-state index contributed by atoms with van der Waals surface area (Å²) in [5, 5.41) is 5.55. The predicted octanol–water partition coefficient (Wildman–Crippen LogP) is 2.15. The minimum Gasteiger partial charge on any atom is -0.346 e. The van der Waals surface area contributed by atoms with Crippen LogP contribution in [0.15, 0.2) is 65.7 Å². The van der Waals surface area contributed by atoms with Gasteiger partial charge in [-0.3, -0.25) is 19.7 Å². The Morgan fingerprint density at radius 1 is 1.19 bits per heavy atom. The van der Waals surface area contributed by atoms with Crippen molar-refractivity contribution in [3.8, 4) is 11.3 Å². The van der Waals surface area contributed by atoms with Gasteiger partial charge in [0.05, 0.1) is 23.5 Å². The van der Waals surface area contributed by atoms with Gasteiger partial charge in [-0.15, -0.1) is 0 Å². The number of benzene rings is 1. The standard InChI is InChI=1S/C19H14FN5O2/c20-15-6-2-1-5-14(15)19(27)22-11-13-8-18(26)25-17(23-13)9-16(24-25)12-4-3-7-21-10-12/h1-10,24H,11H2,(H,22,27). The lowest BCUT2D eigenvalue weighted by Crippen LogP contribution is -2.26. The van der Waals surface area contributed by atoms with Gasteiger partial charge in [-0.1, -0.05) is 12.1 Å². The fraction of sp³-hybridized carbons (Fsp3) is 0.0526. The predicted molar refractivity (Wildman–Crippen MR) is 96.6 cm³/mol. The zero-order valence-corrected chi connectivity index (χ0v) is 14.0. The van der Waals surface area contributed by atoms with Gasteiger partial charge in [0, 0.05) is 30.1 Å². The van der Waals surface area contributed by atoms with Gasteiger partial charge < -0.3 is 5.32 Å². The molecule has 0 fully saturated rings. The average Bonchev–Trinajstić information content (AvgIpc) is 3.12. The molecular weight excluding hydrogens is 349 g/mol. The number of H-pyrrole nitrogens is 1. The van der Waals surface area contributed by atoms with Crippen LogP contribution in [-0.4, -0.2) is 25.5 Å². The number of nitrogens with zero attached hydrogens (tertiary/aromatic N) is 3. The van der Waals surface area contributed by atoms with Gasteiger partial charge in [0.2, 0.25) is 0 Å². The number of pyridine rings is 1. The molecule has 0 radical (unpaired) electrons. The van der Waals surface area contributed by atoms with Crippen LogP contribution in [0, 0.1) is 5.82 Å². The molecule has 1 aromatic carbocycles. The second-order valence-electron chi connectivity index (χ2n) is 5.85. The number of halogens is 1. The first-order valence-corrected chi connectivity index (χ1v) is 8.16. The smallest absolute Gasteiger partial charge is 0.272 e. The van der Waals surface area contributed by atoms with Gasteiger partial charge >= 0.3 is 0 Å². The third kappa shape index (κ3) is 3.32. The molecule has 4 rings (SSSR count). The molecule has 1 amide bonds. The van der Waals surface area contributed by atoms with Crippen LogP contribution >= 0.6 is 0 Å². The highest BCUT2D eigenvalue weighted by molar-refractivity contribution is 5.94. The molecule has 8 heteroatoms. The number of nitrogens with one attached hydrogen (secondary N) is 2. The Morgan fingerprint density at radius 2 is 2.04 bits per heavy atom. The van der Waals surface area contributed by atoms with Crippen LogP contribution in [0.25, 0.3) is 16.9 Å². The second kappa shape index (κ2) is 6.83. The number of aromatic nitrogens is 4. The maximum atomic E-state index is 13.7. The van der Waals surface area contributed by atoms with Gasteiger partial charge in [0.25, 0.3) is 11.5 Å². The maximum absolute atomic E-state index is 13.7. The zero-order chi connectivity index (χ0) is 18.8. The van der Waals surface area contributed by atoms with E-state index in [0.29, 0.717) is 17.0 Å². The summed E-state index contributed by atoms with van der Waals surface area (Å²) in [4.78, 5) is 32.8. The van der Waals surface area contributed by atoms with E-state index in [9.17, 15) is 14.0 Å². The van der Waals surface area contributed by atoms with E-state index in [4.69, 9.17) is 0 Å². The summed E-state index contributed by atoms with van der Waals surface area (Å²) in [6.45, 7) is 0.00626. The van der Waals surface area contributed by atoms with Gasteiger partial charge in [-0.05, 0) is 24.3 Å². The fourth-order valence-corrected chi connectivity index (χ4v) is 2.71. The number of hydrogen-bond acceptors (Lipinski definition) is 4. The third-order valence-electron chi connectivity index (χ3n) is 4.02. The number of fused-ring (bicyclic) bond motifs is 1. The Kier molecular flexibility index (Phi) is 4.21. The van der Waals surface area contributed by atoms with E-state index < -0.39 is 11.7 Å². The lowest BCUT2D eigenvalue weighted by Gasteiger charge is -2.05. The molecule has 0 unspecified atom stereocenters. The van der Waals surface area contributed by atoms with Crippen molar-refractivity contribution >= 4 is 11.6 Å². The molecule has 0 saturated heterocycles. The van der Waals surface area contributed by atoms with Gasteiger partial charge in [0.1, 0.15) is 5.82 Å². The van der Waals surface area contributed by atoms with Crippen molar-refractivity contribution in [2.24, 2.45) is 0 Å². The molecule has 0 aliphatic heterocycles. The summed E-state index contributed by atoms with van der Waals surface area (Å²) >= 11 is 0. The molecule has 0 spiro atoms. The van der Waals surface area contributed by atoms with Gasteiger partial charge in [-0.25, -0.2) is 13.9 Å². The van der Waals surface area contributed by atoms with E-state index in [1.807, 2.05) is 6.07 Å². The summed E-state index contributed by atoms with van der Waals surface area (Å²) in [7, 11) is 0. The van der Waals surface area contributed by atoms with Gasteiger partial charge in [-0.2, -0.15) is 0 Å². The number of aromatic amines is 1. The van der Waals surface area contributed by atoms with Crippen molar-refractivity contribution in [1.29, 1.82) is 0 Å². The molecule has 3 heterocycles. The van der Waals surface area contributed by atoms with E-state index in [0.717, 1.165) is 5.56 Å². The molecule has 0 aliphatic carbocycles. The Morgan fingerprint density at radius 3 is 2.81 bits per heavy atom. The topological polar surface area (TPSA) is 92.2 Å². The lowest BCUT2D eigenvalue weighted by molar-refractivity contribution is 0.0946. The highest BCUT2D eigenvalue weighted by Gasteiger charge is 2.12. The summed E-state index contributed by atoms with van der Waals surface area (Å²) in [6.07, 6.45) is 3.33. The Hall–Kier alpha value is -3.81. The monoisotopic (exact) mass is 363 g/mol. The normalized spacial score (nSPS) is 10.9. The first-order chi connectivity index (χ1) is 13.1. The molecule has 27 heavy (non-hydrogen) atoms. The molecule has 0 atom stereocenters. The Labute approximate surface area is 152 Å². The van der Waals surface area contributed by atoms with E-state index in [1.165, 1.54) is 28.8 Å². The summed E-state index contributed by atoms with van der Waals surface area (Å²) in [6, 6.07) is 12.4. The largest absolute Gasteiger partial charge is 0.346 e. The molecular formula is C19H14FN5O2. The fourth-order valence-electron chi connectivity index (χ4n) is 2.71.